The molecule has 0 aliphatic rings. The van der Waals surface area contributed by atoms with Crippen LogP contribution in [-0.4, -0.2) is 18.8 Å². The topological polar surface area (TPSA) is 55.5 Å². The number of phenols is 1. The summed E-state index contributed by atoms with van der Waals surface area (Å²) in [6.07, 6.45) is 0. The van der Waals surface area contributed by atoms with Crippen molar-refractivity contribution in [3.05, 3.63) is 23.8 Å². The number of hydrogen-bond donors (Lipinski definition) is 2. The summed E-state index contributed by atoms with van der Waals surface area (Å²) < 4.78 is 4.92. The number of phenolic OH excluding ortho intramolecular Hbond substituents is 1. The summed E-state index contributed by atoms with van der Waals surface area (Å²) in [7, 11) is 1.54. The van der Waals surface area contributed by atoms with Crippen molar-refractivity contribution in [2.24, 2.45) is 5.73 Å². The van der Waals surface area contributed by atoms with Gasteiger partial charge in [0.15, 0.2) is 0 Å². The fourth-order valence-corrected chi connectivity index (χ4v) is 0.890. The van der Waals surface area contributed by atoms with Gasteiger partial charge in [-0.25, -0.2) is 0 Å². The second kappa shape index (κ2) is 4.39. The van der Waals surface area contributed by atoms with Crippen molar-refractivity contribution in [3.63, 3.8) is 0 Å². The summed E-state index contributed by atoms with van der Waals surface area (Å²) in [5.41, 5.74) is 5.76. The molecular weight excluding hydrogens is 166 g/mol. The zero-order valence-electron chi connectivity index (χ0n) is 7.37. The summed E-state index contributed by atoms with van der Waals surface area (Å²) in [5, 5.41) is 9.43. The molecule has 0 aliphatic heterocycles. The lowest BCUT2D eigenvalue weighted by molar-refractivity contribution is 0.407. The first-order valence-electron chi connectivity index (χ1n) is 3.84. The van der Waals surface area contributed by atoms with E-state index in [4.69, 9.17) is 10.5 Å². The first-order valence-corrected chi connectivity index (χ1v) is 3.84. The number of nitrogens with two attached hydrogens (primary N) is 1. The largest absolute Gasteiger partial charge is 0.507 e. The van der Waals surface area contributed by atoms with E-state index in [1.807, 2.05) is 0 Å². The molecular formula is C10H11NO2. The van der Waals surface area contributed by atoms with E-state index in [0.29, 0.717) is 11.3 Å². The summed E-state index contributed by atoms with van der Waals surface area (Å²) in [4.78, 5) is 0. The van der Waals surface area contributed by atoms with Crippen molar-refractivity contribution >= 4 is 0 Å². The van der Waals surface area contributed by atoms with Crippen LogP contribution < -0.4 is 10.5 Å². The number of ether oxygens (including phenoxy) is 1. The van der Waals surface area contributed by atoms with Crippen molar-refractivity contribution in [2.45, 2.75) is 0 Å². The first kappa shape index (κ1) is 9.43. The maximum atomic E-state index is 9.43. The molecule has 0 radical (unpaired) electrons. The highest BCUT2D eigenvalue weighted by molar-refractivity contribution is 5.48. The molecule has 1 rings (SSSR count). The van der Waals surface area contributed by atoms with Gasteiger partial charge in [-0.3, -0.25) is 0 Å². The van der Waals surface area contributed by atoms with Crippen molar-refractivity contribution in [1.82, 2.24) is 0 Å². The maximum Gasteiger partial charge on any atom is 0.134 e. The Morgan fingerprint density at radius 1 is 1.54 bits per heavy atom. The summed E-state index contributed by atoms with van der Waals surface area (Å²) in [5.74, 6) is 6.12. The average molecular weight is 177 g/mol. The third kappa shape index (κ3) is 2.39. The molecule has 0 aliphatic carbocycles. The van der Waals surface area contributed by atoms with Crippen LogP contribution in [-0.2, 0) is 0 Å². The minimum Gasteiger partial charge on any atom is -0.507 e. The third-order valence-electron chi connectivity index (χ3n) is 1.53. The summed E-state index contributed by atoms with van der Waals surface area (Å²) in [6.45, 7) is 0.283. The van der Waals surface area contributed by atoms with Gasteiger partial charge in [0.25, 0.3) is 0 Å². The quantitative estimate of drug-likeness (QED) is 0.621. The van der Waals surface area contributed by atoms with Gasteiger partial charge in [-0.05, 0) is 12.1 Å². The Hall–Kier alpha value is -1.66. The van der Waals surface area contributed by atoms with Gasteiger partial charge < -0.3 is 15.6 Å². The lowest BCUT2D eigenvalue weighted by Gasteiger charge is -2.01. The average Bonchev–Trinajstić information content (AvgIpc) is 2.16. The van der Waals surface area contributed by atoms with E-state index < -0.39 is 0 Å². The number of methoxy groups -OCH3 is 1. The van der Waals surface area contributed by atoms with Crippen LogP contribution in [0.3, 0.4) is 0 Å². The van der Waals surface area contributed by atoms with Crippen LogP contribution in [0.5, 0.6) is 11.5 Å². The molecule has 13 heavy (non-hydrogen) atoms. The van der Waals surface area contributed by atoms with E-state index in [1.165, 1.54) is 6.07 Å². The molecule has 0 spiro atoms. The van der Waals surface area contributed by atoms with Crippen LogP contribution in [0.15, 0.2) is 18.2 Å². The highest BCUT2D eigenvalue weighted by Crippen LogP contribution is 2.22. The Morgan fingerprint density at radius 3 is 2.85 bits per heavy atom. The summed E-state index contributed by atoms with van der Waals surface area (Å²) >= 11 is 0. The molecule has 0 bridgehead atoms. The molecule has 1 aromatic carbocycles. The standard InChI is InChI=1S/C10H11NO2/c1-13-9-5-4-8(3-2-6-11)10(12)7-9/h4-5,7,12H,6,11H2,1H3. The third-order valence-corrected chi connectivity index (χ3v) is 1.53. The number of aromatic hydroxyl groups is 1. The van der Waals surface area contributed by atoms with E-state index in [0.717, 1.165) is 0 Å². The van der Waals surface area contributed by atoms with Crippen LogP contribution in [0.4, 0.5) is 0 Å². The smallest absolute Gasteiger partial charge is 0.134 e. The predicted molar refractivity (Wildman–Crippen MR) is 50.6 cm³/mol. The molecule has 0 saturated heterocycles. The Bertz CT molecular complexity index is 350. The van der Waals surface area contributed by atoms with Crippen LogP contribution in [0.1, 0.15) is 5.56 Å². The molecule has 3 N–H and O–H groups in total. The van der Waals surface area contributed by atoms with Gasteiger partial charge in [0.2, 0.25) is 0 Å². The minimum absolute atomic E-state index is 0.111. The highest BCUT2D eigenvalue weighted by atomic mass is 16.5. The van der Waals surface area contributed by atoms with Crippen molar-refractivity contribution in [2.75, 3.05) is 13.7 Å². The molecule has 0 aromatic heterocycles. The highest BCUT2D eigenvalue weighted by Gasteiger charge is 1.98. The zero-order valence-corrected chi connectivity index (χ0v) is 7.37. The Labute approximate surface area is 77.1 Å². The molecule has 3 heteroatoms. The van der Waals surface area contributed by atoms with E-state index >= 15 is 0 Å². The van der Waals surface area contributed by atoms with E-state index in [-0.39, 0.29) is 12.3 Å². The predicted octanol–water partition coefficient (Wildman–Crippen LogP) is 0.711. The number of benzene rings is 1. The van der Waals surface area contributed by atoms with Crippen molar-refractivity contribution < 1.29 is 9.84 Å². The van der Waals surface area contributed by atoms with Crippen molar-refractivity contribution in [1.29, 1.82) is 0 Å². The molecule has 1 aromatic rings. The van der Waals surface area contributed by atoms with Crippen LogP contribution in [0, 0.1) is 11.8 Å². The Kier molecular flexibility index (Phi) is 3.18. The van der Waals surface area contributed by atoms with Gasteiger partial charge in [-0.15, -0.1) is 0 Å². The molecule has 0 atom stereocenters. The minimum atomic E-state index is 0.111. The second-order valence-corrected chi connectivity index (χ2v) is 2.39. The molecule has 0 fully saturated rings. The van der Waals surface area contributed by atoms with Gasteiger partial charge in [-0.2, -0.15) is 0 Å². The first-order chi connectivity index (χ1) is 6.27. The van der Waals surface area contributed by atoms with E-state index in [2.05, 4.69) is 11.8 Å². The van der Waals surface area contributed by atoms with Gasteiger partial charge in [0, 0.05) is 6.07 Å². The van der Waals surface area contributed by atoms with Crippen LogP contribution >= 0.6 is 0 Å². The Balaban J connectivity index is 2.98. The lowest BCUT2D eigenvalue weighted by atomic mass is 10.2. The fraction of sp³-hybridized carbons (Fsp3) is 0.200. The van der Waals surface area contributed by atoms with E-state index in [9.17, 15) is 5.11 Å². The SMILES string of the molecule is COc1ccc(C#CCN)c(O)c1. The molecule has 68 valence electrons. The molecule has 3 nitrogen and oxygen atoms in total. The molecule has 0 saturated carbocycles. The van der Waals surface area contributed by atoms with Crippen LogP contribution in [0.2, 0.25) is 0 Å². The number of hydrogen-bond acceptors (Lipinski definition) is 3. The molecule has 0 heterocycles. The number of rotatable bonds is 1. The van der Waals surface area contributed by atoms with E-state index in [1.54, 1.807) is 19.2 Å². The van der Waals surface area contributed by atoms with Gasteiger partial charge in [0.05, 0.1) is 19.2 Å². The lowest BCUT2D eigenvalue weighted by Crippen LogP contribution is -1.93. The maximum absolute atomic E-state index is 9.43. The molecule has 0 amide bonds. The normalized spacial score (nSPS) is 8.77. The monoisotopic (exact) mass is 177 g/mol. The summed E-state index contributed by atoms with van der Waals surface area (Å²) in [6, 6.07) is 4.94. The molecule has 0 unspecified atom stereocenters. The van der Waals surface area contributed by atoms with Crippen molar-refractivity contribution in [3.8, 4) is 23.3 Å². The van der Waals surface area contributed by atoms with Gasteiger partial charge in [0.1, 0.15) is 11.5 Å². The zero-order chi connectivity index (χ0) is 9.68. The fourth-order valence-electron chi connectivity index (χ4n) is 0.890. The van der Waals surface area contributed by atoms with Gasteiger partial charge in [-0.1, -0.05) is 11.8 Å². The Morgan fingerprint density at radius 2 is 2.31 bits per heavy atom. The van der Waals surface area contributed by atoms with Crippen LogP contribution in [0.25, 0.3) is 0 Å². The van der Waals surface area contributed by atoms with Gasteiger partial charge >= 0.3 is 0 Å². The second-order valence-electron chi connectivity index (χ2n) is 2.39.